The molecule has 0 N–H and O–H groups in total. The van der Waals surface area contributed by atoms with Crippen LogP contribution in [0.1, 0.15) is 6.42 Å². The van der Waals surface area contributed by atoms with Crippen molar-refractivity contribution < 1.29 is 4.79 Å². The summed E-state index contributed by atoms with van der Waals surface area (Å²) in [6.45, 7) is 0.485. The third-order valence-electron chi connectivity index (χ3n) is 3.39. The van der Waals surface area contributed by atoms with Crippen LogP contribution in [-0.2, 0) is 4.79 Å². The smallest absolute Gasteiger partial charge is 0.232 e. The molecule has 0 radical (unpaired) electrons. The number of aromatic nitrogens is 2. The number of anilines is 1. The number of hydrogen-bond acceptors (Lipinski definition) is 3. The molecular weight excluding hydrogens is 330 g/mol. The molecule has 5 heteroatoms. The first-order chi connectivity index (χ1) is 10.2. The van der Waals surface area contributed by atoms with Crippen LogP contribution in [0.5, 0.6) is 0 Å². The van der Waals surface area contributed by atoms with Crippen molar-refractivity contribution >= 4 is 27.8 Å². The molecule has 1 aromatic carbocycles. The van der Waals surface area contributed by atoms with Gasteiger partial charge in [-0.25, -0.2) is 9.97 Å². The summed E-state index contributed by atoms with van der Waals surface area (Å²) in [4.78, 5) is 22.2. The molecule has 1 unspecified atom stereocenters. The molecule has 21 heavy (non-hydrogen) atoms. The molecule has 1 fully saturated rings. The lowest BCUT2D eigenvalue weighted by molar-refractivity contribution is -0.117. The molecule has 4 nitrogen and oxygen atoms in total. The van der Waals surface area contributed by atoms with Gasteiger partial charge in [0.1, 0.15) is 0 Å². The molecule has 1 atom stereocenters. The largest absolute Gasteiger partial charge is 0.279 e. The molecule has 1 aliphatic rings. The number of amides is 1. The van der Waals surface area contributed by atoms with Gasteiger partial charge in [-0.15, -0.1) is 12.3 Å². The molecule has 104 valence electrons. The molecule has 3 rings (SSSR count). The van der Waals surface area contributed by atoms with E-state index in [0.29, 0.717) is 18.9 Å². The highest BCUT2D eigenvalue weighted by molar-refractivity contribution is 9.10. The second-order valence-corrected chi connectivity index (χ2v) is 5.74. The molecule has 0 spiro atoms. The van der Waals surface area contributed by atoms with Crippen molar-refractivity contribution in [3.63, 3.8) is 0 Å². The molecule has 0 bridgehead atoms. The quantitative estimate of drug-likeness (QED) is 0.789. The van der Waals surface area contributed by atoms with Crippen molar-refractivity contribution in [3.8, 4) is 23.6 Å². The van der Waals surface area contributed by atoms with Crippen LogP contribution in [0.25, 0.3) is 11.3 Å². The fraction of sp³-hybridized carbons (Fsp3) is 0.188. The minimum atomic E-state index is -0.0579. The van der Waals surface area contributed by atoms with Crippen LogP contribution < -0.4 is 4.90 Å². The first-order valence-electron chi connectivity index (χ1n) is 6.53. The molecule has 1 amide bonds. The Morgan fingerprint density at radius 1 is 1.29 bits per heavy atom. The third-order valence-corrected chi connectivity index (χ3v) is 3.91. The van der Waals surface area contributed by atoms with Gasteiger partial charge in [0.05, 0.1) is 5.69 Å². The van der Waals surface area contributed by atoms with E-state index in [1.165, 1.54) is 0 Å². The topological polar surface area (TPSA) is 46.1 Å². The summed E-state index contributed by atoms with van der Waals surface area (Å²) in [5, 5.41) is 0. The number of carbonyl (C=O) groups excluding carboxylic acids is 1. The monoisotopic (exact) mass is 341 g/mol. The maximum absolute atomic E-state index is 12.0. The number of nitrogens with zero attached hydrogens (tertiary/aromatic N) is 3. The minimum absolute atomic E-state index is 0.0223. The van der Waals surface area contributed by atoms with Gasteiger partial charge in [-0.05, 0) is 18.2 Å². The van der Waals surface area contributed by atoms with Crippen LogP contribution >= 0.6 is 15.9 Å². The maximum Gasteiger partial charge on any atom is 0.232 e. The van der Waals surface area contributed by atoms with Crippen molar-refractivity contribution in [1.29, 1.82) is 0 Å². The van der Waals surface area contributed by atoms with E-state index in [1.807, 2.05) is 30.3 Å². The van der Waals surface area contributed by atoms with Gasteiger partial charge in [0, 0.05) is 35.1 Å². The molecule has 1 aromatic heterocycles. The lowest BCUT2D eigenvalue weighted by atomic mass is 10.1. The molecule has 1 aliphatic heterocycles. The lowest BCUT2D eigenvalue weighted by Crippen LogP contribution is -2.26. The summed E-state index contributed by atoms with van der Waals surface area (Å²) in [5.41, 5.74) is 1.76. The van der Waals surface area contributed by atoms with E-state index in [-0.39, 0.29) is 11.8 Å². The summed E-state index contributed by atoms with van der Waals surface area (Å²) in [7, 11) is 0. The van der Waals surface area contributed by atoms with Crippen LogP contribution in [0.2, 0.25) is 0 Å². The van der Waals surface area contributed by atoms with Crippen molar-refractivity contribution in [2.24, 2.45) is 5.92 Å². The van der Waals surface area contributed by atoms with E-state index in [4.69, 9.17) is 6.42 Å². The Balaban J connectivity index is 1.92. The van der Waals surface area contributed by atoms with Gasteiger partial charge >= 0.3 is 0 Å². The Labute approximate surface area is 131 Å². The van der Waals surface area contributed by atoms with Crippen LogP contribution in [-0.4, -0.2) is 22.4 Å². The average molecular weight is 342 g/mol. The molecule has 2 heterocycles. The first-order valence-corrected chi connectivity index (χ1v) is 7.32. The van der Waals surface area contributed by atoms with Gasteiger partial charge in [0.15, 0.2) is 0 Å². The maximum atomic E-state index is 12.0. The molecule has 2 aromatic rings. The Morgan fingerprint density at radius 3 is 2.71 bits per heavy atom. The van der Waals surface area contributed by atoms with Crippen molar-refractivity contribution in [1.82, 2.24) is 9.97 Å². The molecule has 0 saturated carbocycles. The summed E-state index contributed by atoms with van der Waals surface area (Å²) >= 11 is 3.40. The van der Waals surface area contributed by atoms with Crippen LogP contribution in [0, 0.1) is 18.3 Å². The normalized spacial score (nSPS) is 17.8. The SMILES string of the molecule is C#CC1CC(=O)N(c2nccc(-c3ccc(Br)cc3)n2)C1. The summed E-state index contributed by atoms with van der Waals surface area (Å²) in [6, 6.07) is 9.66. The Hall–Kier alpha value is -2.19. The zero-order valence-corrected chi connectivity index (χ0v) is 12.7. The van der Waals surface area contributed by atoms with Gasteiger partial charge in [0.2, 0.25) is 11.9 Å². The van der Waals surface area contributed by atoms with Gasteiger partial charge in [-0.2, -0.15) is 0 Å². The Kier molecular flexibility index (Phi) is 3.72. The number of benzene rings is 1. The standard InChI is InChI=1S/C16H12BrN3O/c1-2-11-9-15(21)20(10-11)16-18-8-7-14(19-16)12-3-5-13(17)6-4-12/h1,3-8,11H,9-10H2. The van der Waals surface area contributed by atoms with E-state index in [9.17, 15) is 4.79 Å². The highest BCUT2D eigenvalue weighted by atomic mass is 79.9. The van der Waals surface area contributed by atoms with Gasteiger partial charge < -0.3 is 0 Å². The fourth-order valence-electron chi connectivity index (χ4n) is 2.27. The highest BCUT2D eigenvalue weighted by Gasteiger charge is 2.31. The van der Waals surface area contributed by atoms with Gasteiger partial charge in [0.25, 0.3) is 0 Å². The summed E-state index contributed by atoms with van der Waals surface area (Å²) in [6.07, 6.45) is 7.42. The van der Waals surface area contributed by atoms with Crippen molar-refractivity contribution in [3.05, 3.63) is 41.0 Å². The van der Waals surface area contributed by atoms with E-state index in [1.54, 1.807) is 11.1 Å². The van der Waals surface area contributed by atoms with Crippen molar-refractivity contribution in [2.45, 2.75) is 6.42 Å². The number of halogens is 1. The van der Waals surface area contributed by atoms with Crippen LogP contribution in [0.4, 0.5) is 5.95 Å². The third kappa shape index (κ3) is 2.81. The molecule has 1 saturated heterocycles. The average Bonchev–Trinajstić information content (AvgIpc) is 2.89. The summed E-state index contributed by atoms with van der Waals surface area (Å²) < 4.78 is 1.01. The predicted molar refractivity (Wildman–Crippen MR) is 84.5 cm³/mol. The summed E-state index contributed by atoms with van der Waals surface area (Å²) in [5.74, 6) is 2.96. The first kappa shape index (κ1) is 13.8. The second kappa shape index (κ2) is 5.66. The van der Waals surface area contributed by atoms with E-state index in [0.717, 1.165) is 15.7 Å². The minimum Gasteiger partial charge on any atom is -0.279 e. The molecular formula is C16H12BrN3O. The van der Waals surface area contributed by atoms with Gasteiger partial charge in [-0.1, -0.05) is 28.1 Å². The van der Waals surface area contributed by atoms with Gasteiger partial charge in [-0.3, -0.25) is 9.69 Å². The lowest BCUT2D eigenvalue weighted by Gasteiger charge is -2.14. The Morgan fingerprint density at radius 2 is 2.05 bits per heavy atom. The predicted octanol–water partition coefficient (Wildman–Crippen LogP) is 2.89. The van der Waals surface area contributed by atoms with E-state index < -0.39 is 0 Å². The van der Waals surface area contributed by atoms with E-state index >= 15 is 0 Å². The Bertz CT molecular complexity index is 721. The number of rotatable bonds is 2. The zero-order chi connectivity index (χ0) is 14.8. The van der Waals surface area contributed by atoms with Crippen LogP contribution in [0.3, 0.4) is 0 Å². The number of terminal acetylenes is 1. The molecule has 0 aliphatic carbocycles. The highest BCUT2D eigenvalue weighted by Crippen LogP contribution is 2.25. The van der Waals surface area contributed by atoms with Crippen molar-refractivity contribution in [2.75, 3.05) is 11.4 Å². The van der Waals surface area contributed by atoms with Crippen LogP contribution in [0.15, 0.2) is 41.0 Å². The second-order valence-electron chi connectivity index (χ2n) is 4.82. The fourth-order valence-corrected chi connectivity index (χ4v) is 2.54. The number of hydrogen-bond donors (Lipinski definition) is 0. The number of carbonyl (C=O) groups is 1. The zero-order valence-electron chi connectivity index (χ0n) is 11.2. The van der Waals surface area contributed by atoms with E-state index in [2.05, 4.69) is 31.8 Å².